The zero-order valence-corrected chi connectivity index (χ0v) is 15.4. The van der Waals surface area contributed by atoms with Crippen molar-refractivity contribution in [2.24, 2.45) is 5.92 Å². The molecule has 2 atom stereocenters. The van der Waals surface area contributed by atoms with E-state index in [0.29, 0.717) is 24.3 Å². The van der Waals surface area contributed by atoms with Crippen LogP contribution in [-0.2, 0) is 19.7 Å². The lowest BCUT2D eigenvalue weighted by molar-refractivity contribution is -0.154. The third-order valence-electron chi connectivity index (χ3n) is 6.03. The first-order valence-corrected chi connectivity index (χ1v) is 9.74. The van der Waals surface area contributed by atoms with Crippen molar-refractivity contribution < 1.29 is 18.7 Å². The molecule has 1 N–H and O–H groups in total. The van der Waals surface area contributed by atoms with Crippen LogP contribution in [0.2, 0.25) is 0 Å². The molecule has 2 aliphatic carbocycles. The first kappa shape index (κ1) is 18.9. The topological polar surface area (TPSA) is 55.4 Å². The molecule has 0 heterocycles. The van der Waals surface area contributed by atoms with Gasteiger partial charge in [0.1, 0.15) is 5.82 Å². The highest BCUT2D eigenvalue weighted by Gasteiger charge is 2.46. The summed E-state index contributed by atoms with van der Waals surface area (Å²) in [6, 6.07) is 6.54. The van der Waals surface area contributed by atoms with Gasteiger partial charge in [0, 0.05) is 11.6 Å². The molecule has 0 saturated heterocycles. The minimum atomic E-state index is -0.955. The second-order valence-corrected chi connectivity index (χ2v) is 7.78. The molecular weight excluding hydrogens is 333 g/mol. The molecule has 0 bridgehead atoms. The van der Waals surface area contributed by atoms with Gasteiger partial charge >= 0.3 is 5.97 Å². The average molecular weight is 361 g/mol. The van der Waals surface area contributed by atoms with Crippen molar-refractivity contribution in [1.82, 2.24) is 5.32 Å². The Kier molecular flexibility index (Phi) is 5.94. The van der Waals surface area contributed by atoms with E-state index in [0.717, 1.165) is 32.1 Å². The zero-order chi connectivity index (χ0) is 18.6. The van der Waals surface area contributed by atoms with Crippen LogP contribution in [0.4, 0.5) is 4.39 Å². The number of hydrogen-bond acceptors (Lipinski definition) is 3. The maximum atomic E-state index is 14.3. The number of ether oxygens (including phenoxy) is 1. The summed E-state index contributed by atoms with van der Waals surface area (Å²) in [5.41, 5.74) is -0.562. The Morgan fingerprint density at radius 3 is 2.54 bits per heavy atom. The van der Waals surface area contributed by atoms with Gasteiger partial charge in [0.15, 0.2) is 6.61 Å². The third kappa shape index (κ3) is 3.92. The van der Waals surface area contributed by atoms with Crippen molar-refractivity contribution >= 4 is 11.9 Å². The second-order valence-electron chi connectivity index (χ2n) is 7.78. The molecular formula is C21H28FNO3. The molecule has 0 unspecified atom stereocenters. The molecule has 0 spiro atoms. The standard InChI is InChI=1S/C21H28FNO3/c1-15-8-2-5-11-18(15)23-19(24)14-26-20(25)21(12-6-7-13-21)16-9-3-4-10-17(16)22/h3-4,9-10,15,18H,2,5-8,11-14H2,1H3,(H,23,24)/t15-,18+/m1/s1. The van der Waals surface area contributed by atoms with E-state index in [1.807, 2.05) is 0 Å². The molecule has 0 radical (unpaired) electrons. The summed E-state index contributed by atoms with van der Waals surface area (Å²) in [5.74, 6) is -0.680. The van der Waals surface area contributed by atoms with Gasteiger partial charge in [-0.1, -0.05) is 50.8 Å². The first-order chi connectivity index (χ1) is 12.5. The molecule has 142 valence electrons. The van der Waals surface area contributed by atoms with E-state index in [9.17, 15) is 14.0 Å². The highest BCUT2D eigenvalue weighted by molar-refractivity contribution is 5.86. The van der Waals surface area contributed by atoms with Crippen LogP contribution >= 0.6 is 0 Å². The molecule has 26 heavy (non-hydrogen) atoms. The molecule has 0 aromatic heterocycles. The Balaban J connectivity index is 1.62. The normalized spacial score (nSPS) is 24.8. The summed E-state index contributed by atoms with van der Waals surface area (Å²) in [7, 11) is 0. The largest absolute Gasteiger partial charge is 0.455 e. The number of amides is 1. The third-order valence-corrected chi connectivity index (χ3v) is 6.03. The molecule has 1 aromatic carbocycles. The van der Waals surface area contributed by atoms with Crippen LogP contribution in [0.15, 0.2) is 24.3 Å². The van der Waals surface area contributed by atoms with Crippen molar-refractivity contribution in [2.75, 3.05) is 6.61 Å². The number of rotatable bonds is 5. The minimum absolute atomic E-state index is 0.155. The van der Waals surface area contributed by atoms with Crippen molar-refractivity contribution in [1.29, 1.82) is 0 Å². The molecule has 4 nitrogen and oxygen atoms in total. The fourth-order valence-corrected chi connectivity index (χ4v) is 4.46. The number of nitrogens with one attached hydrogen (secondary N) is 1. The average Bonchev–Trinajstić information content (AvgIpc) is 3.13. The zero-order valence-electron chi connectivity index (χ0n) is 15.4. The van der Waals surface area contributed by atoms with E-state index in [1.165, 1.54) is 12.5 Å². The van der Waals surface area contributed by atoms with Crippen LogP contribution in [0.25, 0.3) is 0 Å². The fraction of sp³-hybridized carbons (Fsp3) is 0.619. The number of hydrogen-bond donors (Lipinski definition) is 1. The van der Waals surface area contributed by atoms with Gasteiger partial charge in [0.2, 0.25) is 0 Å². The Morgan fingerprint density at radius 1 is 1.15 bits per heavy atom. The molecule has 2 saturated carbocycles. The predicted octanol–water partition coefficient (Wildman–Crippen LogP) is 3.88. The van der Waals surface area contributed by atoms with E-state index in [-0.39, 0.29) is 24.4 Å². The van der Waals surface area contributed by atoms with Gasteiger partial charge in [-0.05, 0) is 37.7 Å². The lowest BCUT2D eigenvalue weighted by Gasteiger charge is -2.30. The van der Waals surface area contributed by atoms with Crippen LogP contribution in [-0.4, -0.2) is 24.5 Å². The minimum Gasteiger partial charge on any atom is -0.455 e. The van der Waals surface area contributed by atoms with Crippen LogP contribution in [0, 0.1) is 11.7 Å². The van der Waals surface area contributed by atoms with Crippen LogP contribution in [0.1, 0.15) is 63.9 Å². The maximum absolute atomic E-state index is 14.3. The van der Waals surface area contributed by atoms with Gasteiger partial charge in [0.25, 0.3) is 5.91 Å². The Morgan fingerprint density at radius 2 is 1.85 bits per heavy atom. The van der Waals surface area contributed by atoms with Crippen LogP contribution in [0.5, 0.6) is 0 Å². The number of carbonyl (C=O) groups is 2. The van der Waals surface area contributed by atoms with Crippen molar-refractivity contribution in [2.45, 2.75) is 69.7 Å². The molecule has 1 aromatic rings. The van der Waals surface area contributed by atoms with Crippen LogP contribution in [0.3, 0.4) is 0 Å². The maximum Gasteiger partial charge on any atom is 0.317 e. The van der Waals surface area contributed by atoms with E-state index in [2.05, 4.69) is 12.2 Å². The molecule has 2 fully saturated rings. The van der Waals surface area contributed by atoms with Gasteiger partial charge in [0.05, 0.1) is 5.41 Å². The number of carbonyl (C=O) groups excluding carboxylic acids is 2. The lowest BCUT2D eigenvalue weighted by atomic mass is 9.78. The highest BCUT2D eigenvalue weighted by atomic mass is 19.1. The van der Waals surface area contributed by atoms with Crippen molar-refractivity contribution in [3.63, 3.8) is 0 Å². The van der Waals surface area contributed by atoms with E-state index < -0.39 is 11.4 Å². The molecule has 5 heteroatoms. The van der Waals surface area contributed by atoms with E-state index in [1.54, 1.807) is 18.2 Å². The predicted molar refractivity (Wildman–Crippen MR) is 97.1 cm³/mol. The molecule has 3 rings (SSSR count). The second kappa shape index (κ2) is 8.19. The molecule has 1 amide bonds. The summed E-state index contributed by atoms with van der Waals surface area (Å²) < 4.78 is 19.7. The quantitative estimate of drug-likeness (QED) is 0.810. The van der Waals surface area contributed by atoms with Gasteiger partial charge in [-0.3, -0.25) is 9.59 Å². The van der Waals surface area contributed by atoms with Gasteiger partial charge in [-0.15, -0.1) is 0 Å². The summed E-state index contributed by atoms with van der Waals surface area (Å²) >= 11 is 0. The monoisotopic (exact) mass is 361 g/mol. The smallest absolute Gasteiger partial charge is 0.317 e. The van der Waals surface area contributed by atoms with Gasteiger partial charge in [-0.25, -0.2) is 4.39 Å². The number of halogens is 1. The summed E-state index contributed by atoms with van der Waals surface area (Å²) in [5, 5.41) is 2.99. The Hall–Kier alpha value is -1.91. The molecule has 0 aliphatic heterocycles. The SMILES string of the molecule is C[C@@H]1CCCC[C@@H]1NC(=O)COC(=O)C1(c2ccccc2F)CCCC1. The summed E-state index contributed by atoms with van der Waals surface area (Å²) in [6.45, 7) is 1.85. The van der Waals surface area contributed by atoms with Gasteiger partial charge in [-0.2, -0.15) is 0 Å². The Labute approximate surface area is 154 Å². The van der Waals surface area contributed by atoms with Crippen molar-refractivity contribution in [3.8, 4) is 0 Å². The van der Waals surface area contributed by atoms with Crippen molar-refractivity contribution in [3.05, 3.63) is 35.6 Å². The molecule has 2 aliphatic rings. The Bertz CT molecular complexity index is 654. The number of benzene rings is 1. The van der Waals surface area contributed by atoms with Crippen LogP contribution < -0.4 is 5.32 Å². The lowest BCUT2D eigenvalue weighted by Crippen LogP contribution is -2.44. The fourth-order valence-electron chi connectivity index (χ4n) is 4.46. The number of esters is 1. The summed E-state index contributed by atoms with van der Waals surface area (Å²) in [4.78, 5) is 25.0. The van der Waals surface area contributed by atoms with Gasteiger partial charge < -0.3 is 10.1 Å². The first-order valence-electron chi connectivity index (χ1n) is 9.74. The van der Waals surface area contributed by atoms with E-state index in [4.69, 9.17) is 4.74 Å². The summed E-state index contributed by atoms with van der Waals surface area (Å²) in [6.07, 6.45) is 7.24. The van der Waals surface area contributed by atoms with E-state index >= 15 is 0 Å². The highest BCUT2D eigenvalue weighted by Crippen LogP contribution is 2.43.